The molecule has 21 heteroatoms. The van der Waals surface area contributed by atoms with Gasteiger partial charge >= 0.3 is 36.2 Å². The Morgan fingerprint density at radius 2 is 0.796 bits per heavy atom. The maximum absolute atomic E-state index is 12.5. The summed E-state index contributed by atoms with van der Waals surface area (Å²) < 4.78 is 29.9. The Balaban J connectivity index is 5.19. The summed E-state index contributed by atoms with van der Waals surface area (Å²) in [4.78, 5) is 114. The van der Waals surface area contributed by atoms with E-state index in [-0.39, 0.29) is 65.1 Å². The van der Waals surface area contributed by atoms with Crippen molar-refractivity contribution in [1.29, 1.82) is 0 Å². The standard InChI is InChI=1S/C33H50N6O15/c1-5-33(18-52-30(46)34-15-9-6-12-24(37-21-40)27(43)49-2,19-53-31(47)35-16-10-7-13-25(38-22-41)28(44)50-3)20-54-32(48)36-17-11-8-14-26(39-23-42)29(45)51-4/h24-26H,5-20H2,1-4H3,(H,34,46)(H,35,47)(H,36,48). The first-order valence-corrected chi connectivity index (χ1v) is 17.1. The van der Waals surface area contributed by atoms with Gasteiger partial charge in [0.15, 0.2) is 18.1 Å². The Hall–Kier alpha value is -5.64. The summed E-state index contributed by atoms with van der Waals surface area (Å²) in [6.07, 6.45) is 4.80. The number of alkyl carbamates (subject to hydrolysis) is 3. The third-order valence-corrected chi connectivity index (χ3v) is 7.84. The van der Waals surface area contributed by atoms with Crippen LogP contribution in [0.3, 0.4) is 0 Å². The highest BCUT2D eigenvalue weighted by Crippen LogP contribution is 2.24. The van der Waals surface area contributed by atoms with Gasteiger partial charge in [-0.05, 0) is 64.2 Å². The minimum atomic E-state index is -1.17. The molecule has 3 amide bonds. The van der Waals surface area contributed by atoms with Crippen LogP contribution in [0.1, 0.15) is 71.1 Å². The van der Waals surface area contributed by atoms with Gasteiger partial charge in [-0.3, -0.25) is 0 Å². The third kappa shape index (κ3) is 21.7. The maximum Gasteiger partial charge on any atom is 0.407 e. The van der Waals surface area contributed by atoms with Gasteiger partial charge in [0.25, 0.3) is 0 Å². The van der Waals surface area contributed by atoms with Crippen LogP contribution in [-0.4, -0.2) is 133 Å². The number of hydrogen-bond acceptors (Lipinski definition) is 18. The summed E-state index contributed by atoms with van der Waals surface area (Å²) in [6.45, 7) is 1.18. The van der Waals surface area contributed by atoms with Crippen LogP contribution in [0.5, 0.6) is 0 Å². The SMILES string of the molecule is CCC(COC(=O)NCCCCC(N=C=O)C(=O)OC)(COC(=O)NCCCCC(N=C=O)C(=O)OC)COC(=O)NCCCCC(N=C=O)C(=O)OC. The molecule has 54 heavy (non-hydrogen) atoms. The van der Waals surface area contributed by atoms with Crippen molar-refractivity contribution >= 4 is 54.4 Å². The van der Waals surface area contributed by atoms with Crippen molar-refractivity contribution in [1.82, 2.24) is 16.0 Å². The molecule has 0 radical (unpaired) electrons. The van der Waals surface area contributed by atoms with Crippen molar-refractivity contribution in [3.8, 4) is 0 Å². The van der Waals surface area contributed by atoms with Crippen molar-refractivity contribution in [3.63, 3.8) is 0 Å². The zero-order valence-electron chi connectivity index (χ0n) is 31.0. The number of ether oxygens (including phenoxy) is 6. The fraction of sp³-hybridized carbons (Fsp3) is 0.727. The summed E-state index contributed by atoms with van der Waals surface area (Å²) in [5.74, 6) is -2.05. The third-order valence-electron chi connectivity index (χ3n) is 7.84. The van der Waals surface area contributed by atoms with Crippen molar-refractivity contribution < 1.29 is 71.6 Å². The number of aliphatic imine (C=N–C) groups is 3. The lowest BCUT2D eigenvalue weighted by molar-refractivity contribution is -0.143. The molecule has 0 saturated heterocycles. The number of nitrogens with one attached hydrogen (secondary N) is 3. The predicted molar refractivity (Wildman–Crippen MR) is 184 cm³/mol. The number of rotatable bonds is 28. The van der Waals surface area contributed by atoms with Gasteiger partial charge in [-0.2, -0.15) is 15.0 Å². The number of carbonyl (C=O) groups excluding carboxylic acids is 9. The first-order chi connectivity index (χ1) is 26.0. The van der Waals surface area contributed by atoms with Crippen LogP contribution in [0.2, 0.25) is 0 Å². The first kappa shape index (κ1) is 48.4. The summed E-state index contributed by atoms with van der Waals surface area (Å²) in [5, 5.41) is 7.65. The van der Waals surface area contributed by atoms with Crippen LogP contribution in [0, 0.1) is 5.41 Å². The highest BCUT2D eigenvalue weighted by molar-refractivity contribution is 5.77. The van der Waals surface area contributed by atoms with Crippen molar-refractivity contribution in [2.24, 2.45) is 20.4 Å². The smallest absolute Gasteiger partial charge is 0.407 e. The van der Waals surface area contributed by atoms with E-state index in [1.54, 1.807) is 6.92 Å². The van der Waals surface area contributed by atoms with E-state index in [4.69, 9.17) is 14.2 Å². The first-order valence-electron chi connectivity index (χ1n) is 17.1. The molecule has 3 unspecified atom stereocenters. The Labute approximate surface area is 312 Å². The lowest BCUT2D eigenvalue weighted by Gasteiger charge is -2.31. The molecule has 0 saturated carbocycles. The fourth-order valence-corrected chi connectivity index (χ4v) is 4.50. The average Bonchev–Trinajstić information content (AvgIpc) is 3.18. The van der Waals surface area contributed by atoms with Gasteiger partial charge in [0.2, 0.25) is 18.2 Å². The second kappa shape index (κ2) is 29.9. The van der Waals surface area contributed by atoms with E-state index >= 15 is 0 Å². The molecule has 0 rings (SSSR count). The fourth-order valence-electron chi connectivity index (χ4n) is 4.50. The molecule has 0 spiro atoms. The normalized spacial score (nSPS) is 12.9. The lowest BCUT2D eigenvalue weighted by Crippen LogP contribution is -2.42. The zero-order valence-corrected chi connectivity index (χ0v) is 31.0. The molecule has 0 heterocycles. The molecule has 0 aromatic rings. The van der Waals surface area contributed by atoms with Crippen LogP contribution >= 0.6 is 0 Å². The molecular weight excluding hydrogens is 720 g/mol. The van der Waals surface area contributed by atoms with E-state index in [1.807, 2.05) is 0 Å². The van der Waals surface area contributed by atoms with Crippen LogP contribution in [-0.2, 0) is 57.2 Å². The summed E-state index contributed by atoms with van der Waals surface area (Å²) >= 11 is 0. The van der Waals surface area contributed by atoms with Crippen LogP contribution in [0.15, 0.2) is 15.0 Å². The lowest BCUT2D eigenvalue weighted by atomic mass is 9.88. The average molecular weight is 771 g/mol. The molecule has 0 fully saturated rings. The molecule has 0 aliphatic heterocycles. The monoisotopic (exact) mass is 770 g/mol. The number of unbranched alkanes of at least 4 members (excludes halogenated alkanes) is 3. The van der Waals surface area contributed by atoms with Gasteiger partial charge in [0, 0.05) is 19.6 Å². The van der Waals surface area contributed by atoms with Gasteiger partial charge in [0.1, 0.15) is 19.8 Å². The number of hydrogen-bond donors (Lipinski definition) is 3. The number of esters is 3. The van der Waals surface area contributed by atoms with E-state index < -0.39 is 59.7 Å². The van der Waals surface area contributed by atoms with E-state index in [0.29, 0.717) is 38.5 Å². The molecule has 302 valence electrons. The molecule has 3 N–H and O–H groups in total. The zero-order chi connectivity index (χ0) is 40.6. The minimum Gasteiger partial charge on any atom is -0.467 e. The second-order valence-electron chi connectivity index (χ2n) is 11.6. The number of amides is 3. The van der Waals surface area contributed by atoms with E-state index in [1.165, 1.54) is 39.6 Å². The van der Waals surface area contributed by atoms with Gasteiger partial charge in [-0.25, -0.2) is 43.2 Å². The molecule has 0 aromatic heterocycles. The number of methoxy groups -OCH3 is 3. The molecule has 21 nitrogen and oxygen atoms in total. The molecule has 0 aliphatic carbocycles. The Kier molecular flexibility index (Phi) is 26.8. The predicted octanol–water partition coefficient (Wildman–Crippen LogP) is 1.70. The van der Waals surface area contributed by atoms with Crippen LogP contribution in [0.4, 0.5) is 14.4 Å². The maximum atomic E-state index is 12.5. The van der Waals surface area contributed by atoms with Gasteiger partial charge in [-0.1, -0.05) is 6.92 Å². The highest BCUT2D eigenvalue weighted by Gasteiger charge is 2.34. The summed E-state index contributed by atoms with van der Waals surface area (Å²) in [6, 6.07) is -2.99. The number of carbonyl (C=O) groups is 6. The second-order valence-corrected chi connectivity index (χ2v) is 11.6. The van der Waals surface area contributed by atoms with Gasteiger partial charge in [-0.15, -0.1) is 0 Å². The largest absolute Gasteiger partial charge is 0.467 e. The van der Waals surface area contributed by atoms with Crippen molar-refractivity contribution in [2.45, 2.75) is 89.3 Å². The van der Waals surface area contributed by atoms with Crippen molar-refractivity contribution in [2.75, 3.05) is 60.8 Å². The van der Waals surface area contributed by atoms with Gasteiger partial charge in [0.05, 0.1) is 26.7 Å². The van der Waals surface area contributed by atoms with E-state index in [2.05, 4.69) is 45.1 Å². The van der Waals surface area contributed by atoms with E-state index in [9.17, 15) is 43.2 Å². The molecular formula is C33H50N6O15. The quantitative estimate of drug-likeness (QED) is 0.0336. The number of nitrogens with zero attached hydrogens (tertiary/aromatic N) is 3. The Bertz CT molecular complexity index is 1190. The van der Waals surface area contributed by atoms with Crippen LogP contribution < -0.4 is 16.0 Å². The Morgan fingerprint density at radius 3 is 1.02 bits per heavy atom. The molecule has 3 atom stereocenters. The molecule has 0 bridgehead atoms. The van der Waals surface area contributed by atoms with E-state index in [0.717, 1.165) is 0 Å². The topological polar surface area (TPSA) is 282 Å². The van der Waals surface area contributed by atoms with Gasteiger partial charge < -0.3 is 44.4 Å². The minimum absolute atomic E-state index is 0.151. The number of isocyanates is 3. The van der Waals surface area contributed by atoms with Crippen LogP contribution in [0.25, 0.3) is 0 Å². The summed E-state index contributed by atoms with van der Waals surface area (Å²) in [7, 11) is 3.50. The molecule has 0 aromatic carbocycles. The summed E-state index contributed by atoms with van der Waals surface area (Å²) in [5.41, 5.74) is -1.17. The highest BCUT2D eigenvalue weighted by atomic mass is 16.6. The Morgan fingerprint density at radius 1 is 0.519 bits per heavy atom. The molecule has 0 aliphatic rings. The van der Waals surface area contributed by atoms with Crippen molar-refractivity contribution in [3.05, 3.63) is 0 Å².